The number of anilines is 3. The van der Waals surface area contributed by atoms with E-state index in [1.54, 1.807) is 66.7 Å². The number of Topliss-reactive ketones (excluding diaryl/α,β-unsaturated/α-hetero) is 1. The molecule has 1 amide bonds. The third-order valence-electron chi connectivity index (χ3n) is 7.98. The molecule has 0 atom stereocenters. The Morgan fingerprint density at radius 1 is 0.648 bits per heavy atom. The lowest BCUT2D eigenvalue weighted by molar-refractivity contribution is -0.118. The molecule has 5 N–H and O–H groups in total. The maximum absolute atomic E-state index is 13.1. The van der Waals surface area contributed by atoms with Crippen molar-refractivity contribution in [3.63, 3.8) is 0 Å². The Balaban J connectivity index is 0.000000255. The highest BCUT2D eigenvalue weighted by Crippen LogP contribution is 2.35. The average Bonchev–Trinajstić information content (AvgIpc) is 3.15. The number of benzene rings is 4. The van der Waals surface area contributed by atoms with Gasteiger partial charge < -0.3 is 16.8 Å². The van der Waals surface area contributed by atoms with Crippen LogP contribution in [0.1, 0.15) is 89.9 Å². The number of nitrogens with one attached hydrogen (secondary N) is 1. The number of hydrogen-bond acceptors (Lipinski definition) is 9. The smallest absolute Gasteiger partial charge is 0.225 e. The van der Waals surface area contributed by atoms with Crippen LogP contribution in [0.2, 0.25) is 0 Å². The van der Waals surface area contributed by atoms with Crippen molar-refractivity contribution in [3.8, 4) is 0 Å². The monoisotopic (exact) mass is 816 g/mol. The van der Waals surface area contributed by atoms with Crippen LogP contribution in [-0.4, -0.2) is 64.9 Å². The van der Waals surface area contributed by atoms with E-state index in [0.717, 1.165) is 0 Å². The SMILES string of the molecule is Nc1ccc2c(c1N)C(=O)c1ccccc1C2=O.O=C(CCCl)Cc1ccc2c(c1NC(=O)CCCl)C(=O)c1ccccc1C2=O.O=C(Cl)CCCl.[2H]CF. The fraction of sp³-hybridized carbons (Fsp3) is 0.205. The molecule has 4 aromatic rings. The van der Waals surface area contributed by atoms with Gasteiger partial charge in [0.1, 0.15) is 5.78 Å². The molecule has 6 rings (SSSR count). The summed E-state index contributed by atoms with van der Waals surface area (Å²) in [5.74, 6) is -1.00. The Labute approximate surface area is 331 Å². The van der Waals surface area contributed by atoms with E-state index in [2.05, 4.69) is 5.32 Å². The molecule has 0 bridgehead atoms. The third kappa shape index (κ3) is 9.97. The van der Waals surface area contributed by atoms with Crippen LogP contribution in [0.5, 0.6) is 0 Å². The van der Waals surface area contributed by atoms with Crippen molar-refractivity contribution < 1.29 is 39.3 Å². The minimum absolute atomic E-state index is 0.000391. The molecule has 282 valence electrons. The molecule has 4 aromatic carbocycles. The average molecular weight is 819 g/mol. The summed E-state index contributed by atoms with van der Waals surface area (Å²) < 4.78 is 15.5. The summed E-state index contributed by atoms with van der Waals surface area (Å²) >= 11 is 21.2. The lowest BCUT2D eigenvalue weighted by atomic mass is 9.81. The van der Waals surface area contributed by atoms with Gasteiger partial charge in [-0.1, -0.05) is 54.6 Å². The molecule has 0 radical (unpaired) electrons. The van der Waals surface area contributed by atoms with E-state index in [-0.39, 0.29) is 105 Å². The van der Waals surface area contributed by atoms with Crippen molar-refractivity contribution in [2.75, 3.05) is 41.6 Å². The summed E-state index contributed by atoms with van der Waals surface area (Å²) in [7, 11) is -1.00. The number of ketones is 5. The first-order valence-corrected chi connectivity index (χ1v) is 18.0. The summed E-state index contributed by atoms with van der Waals surface area (Å²) in [5, 5.41) is 2.32. The quantitative estimate of drug-likeness (QED) is 0.0762. The third-order valence-corrected chi connectivity index (χ3v) is 8.74. The van der Waals surface area contributed by atoms with Gasteiger partial charge in [-0.25, -0.2) is 0 Å². The van der Waals surface area contributed by atoms with Crippen LogP contribution in [0.15, 0.2) is 72.8 Å². The van der Waals surface area contributed by atoms with Crippen LogP contribution >= 0.6 is 46.4 Å². The number of amides is 1. The van der Waals surface area contributed by atoms with Gasteiger partial charge in [-0.2, -0.15) is 0 Å². The second kappa shape index (κ2) is 20.5. The number of nitrogen functional groups attached to an aromatic ring is 2. The van der Waals surface area contributed by atoms with Crippen molar-refractivity contribution in [2.24, 2.45) is 0 Å². The molecule has 0 heterocycles. The van der Waals surface area contributed by atoms with E-state index in [9.17, 15) is 38.0 Å². The largest absolute Gasteiger partial charge is 0.397 e. The number of rotatable bonds is 9. The lowest BCUT2D eigenvalue weighted by Crippen LogP contribution is -2.25. The molecule has 2 aliphatic carbocycles. The van der Waals surface area contributed by atoms with Gasteiger partial charge in [0, 0.05) is 76.7 Å². The van der Waals surface area contributed by atoms with Crippen LogP contribution in [0, 0.1) is 0 Å². The molecule has 0 unspecified atom stereocenters. The van der Waals surface area contributed by atoms with Gasteiger partial charge in [0.15, 0.2) is 23.1 Å². The Hall–Kier alpha value is -4.94. The van der Waals surface area contributed by atoms with Crippen LogP contribution in [0.3, 0.4) is 0 Å². The van der Waals surface area contributed by atoms with Crippen molar-refractivity contribution in [1.82, 2.24) is 0 Å². The fourth-order valence-electron chi connectivity index (χ4n) is 5.52. The Morgan fingerprint density at radius 3 is 1.56 bits per heavy atom. The number of carbonyl (C=O) groups excluding carboxylic acids is 7. The predicted octanol–water partition coefficient (Wildman–Crippen LogP) is 7.36. The van der Waals surface area contributed by atoms with Crippen molar-refractivity contribution in [2.45, 2.75) is 25.7 Å². The molecule has 0 fully saturated rings. The molecule has 0 spiro atoms. The zero-order valence-electron chi connectivity index (χ0n) is 29.5. The van der Waals surface area contributed by atoms with E-state index in [1.165, 1.54) is 6.07 Å². The minimum Gasteiger partial charge on any atom is -0.397 e. The molecule has 0 aromatic heterocycles. The van der Waals surface area contributed by atoms with Gasteiger partial charge in [-0.3, -0.25) is 38.0 Å². The van der Waals surface area contributed by atoms with Crippen LogP contribution in [0.4, 0.5) is 21.5 Å². The van der Waals surface area contributed by atoms with Gasteiger partial charge in [-0.15, -0.1) is 34.8 Å². The van der Waals surface area contributed by atoms with E-state index < -0.39 is 13.1 Å². The zero-order valence-corrected chi connectivity index (χ0v) is 31.5. The van der Waals surface area contributed by atoms with Crippen LogP contribution in [0.25, 0.3) is 0 Å². The number of fused-ring (bicyclic) bond motifs is 4. The molecule has 0 saturated heterocycles. The van der Waals surface area contributed by atoms with Crippen LogP contribution in [-0.2, 0) is 20.8 Å². The Bertz CT molecular complexity index is 2150. The maximum Gasteiger partial charge on any atom is 0.225 e. The van der Waals surface area contributed by atoms with E-state index >= 15 is 0 Å². The first-order chi connectivity index (χ1) is 26.3. The molecule has 2 aliphatic rings. The summed E-state index contributed by atoms with van der Waals surface area (Å²) in [6.45, 7) is 0. The molecule has 15 heteroatoms. The second-order valence-corrected chi connectivity index (χ2v) is 12.9. The summed E-state index contributed by atoms with van der Waals surface area (Å²) in [6, 6.07) is 19.5. The normalized spacial score (nSPS) is 12.1. The Morgan fingerprint density at radius 2 is 1.09 bits per heavy atom. The van der Waals surface area contributed by atoms with Crippen molar-refractivity contribution in [1.29, 1.82) is 0 Å². The maximum atomic E-state index is 13.1. The highest BCUT2D eigenvalue weighted by molar-refractivity contribution is 6.63. The standard InChI is InChI=1S/C21H17Cl2NO4.C14H10N2O2.C3H4Cl2O.CH3F/c22-9-7-13(25)11-12-5-6-16-18(19(12)24-17(26)8-10-23)21(28)15-4-2-1-3-14(15)20(16)27;15-10-6-5-9-11(12(10)16)14(18)8-4-2-1-3-7(8)13(9)17;4-2-1-3(5)6;1-2/h1-6H,7-11H2,(H,24,26);1-6H,15-16H2;1-2H2;1H3/i;;;1D. The number of nitrogens with two attached hydrogens (primary N) is 2. The van der Waals surface area contributed by atoms with Gasteiger partial charge in [-0.05, 0) is 35.4 Å². The van der Waals surface area contributed by atoms with Gasteiger partial charge in [0.25, 0.3) is 0 Å². The second-order valence-electron chi connectivity index (χ2n) is 11.4. The molecular weight excluding hydrogens is 783 g/mol. The van der Waals surface area contributed by atoms with Crippen LogP contribution < -0.4 is 16.8 Å². The Kier molecular flexibility index (Phi) is 15.9. The first kappa shape index (κ1) is 41.8. The van der Waals surface area contributed by atoms with E-state index in [0.29, 0.717) is 39.4 Å². The van der Waals surface area contributed by atoms with E-state index in [4.69, 9.17) is 59.2 Å². The van der Waals surface area contributed by atoms with Gasteiger partial charge in [0.05, 0.1) is 36.7 Å². The van der Waals surface area contributed by atoms with Gasteiger partial charge in [0.2, 0.25) is 11.1 Å². The summed E-state index contributed by atoms with van der Waals surface area (Å²) in [5.41, 5.74) is 14.9. The number of alkyl halides is 4. The zero-order chi connectivity index (χ0) is 40.8. The number of hydrogen-bond donors (Lipinski definition) is 3. The highest BCUT2D eigenvalue weighted by Gasteiger charge is 2.34. The first-order valence-electron chi connectivity index (χ1n) is 16.7. The molecule has 0 saturated carbocycles. The predicted molar refractivity (Wildman–Crippen MR) is 210 cm³/mol. The molecule has 0 aliphatic heterocycles. The lowest BCUT2D eigenvalue weighted by Gasteiger charge is -2.22. The summed E-state index contributed by atoms with van der Waals surface area (Å²) in [4.78, 5) is 84.7. The molecular formula is C39H34Cl4FN3O7. The van der Waals surface area contributed by atoms with Gasteiger partial charge >= 0.3 is 0 Å². The topological polar surface area (TPSA) is 184 Å². The number of halogens is 5. The van der Waals surface area contributed by atoms with Crippen molar-refractivity contribution in [3.05, 3.63) is 123 Å². The molecule has 10 nitrogen and oxygen atoms in total. The fourth-order valence-corrected chi connectivity index (χ4v) is 6.26. The number of carbonyl (C=O) groups is 7. The summed E-state index contributed by atoms with van der Waals surface area (Å²) in [6.07, 6.45) is 0.477. The minimum atomic E-state index is -1.00. The van der Waals surface area contributed by atoms with E-state index in [1.807, 2.05) is 0 Å². The van der Waals surface area contributed by atoms with Crippen molar-refractivity contribution >= 4 is 104 Å². The molecule has 54 heavy (non-hydrogen) atoms. The highest BCUT2D eigenvalue weighted by atomic mass is 35.5.